The van der Waals surface area contributed by atoms with Gasteiger partial charge in [-0.05, 0) is 30.5 Å². The molecule has 1 saturated heterocycles. The van der Waals surface area contributed by atoms with Crippen LogP contribution in [0.4, 0.5) is 0 Å². The number of esters is 1. The van der Waals surface area contributed by atoms with Crippen molar-refractivity contribution in [2.24, 2.45) is 5.41 Å². The number of carbonyl (C=O) groups is 1. The van der Waals surface area contributed by atoms with E-state index in [1.807, 2.05) is 24.3 Å². The summed E-state index contributed by atoms with van der Waals surface area (Å²) in [6.45, 7) is 4.36. The third-order valence-corrected chi connectivity index (χ3v) is 6.40. The van der Waals surface area contributed by atoms with Crippen LogP contribution in [0.25, 0.3) is 0 Å². The molecule has 0 aromatic heterocycles. The minimum absolute atomic E-state index is 0.116. The number of ether oxygens (including phenoxy) is 3. The predicted molar refractivity (Wildman–Crippen MR) is 112 cm³/mol. The number of carbonyl (C=O) groups excluding carboxylic acids is 1. The van der Waals surface area contributed by atoms with Crippen molar-refractivity contribution in [1.82, 2.24) is 4.90 Å². The molecule has 2 aromatic carbocycles. The highest BCUT2D eigenvalue weighted by atomic mass is 16.5. The van der Waals surface area contributed by atoms with Crippen LogP contribution in [-0.2, 0) is 16.0 Å². The van der Waals surface area contributed by atoms with Gasteiger partial charge in [-0.1, -0.05) is 43.3 Å². The molecule has 0 bridgehead atoms. The fourth-order valence-electron chi connectivity index (χ4n) is 4.35. The topological polar surface area (TPSA) is 68.2 Å². The summed E-state index contributed by atoms with van der Waals surface area (Å²) in [5.41, 5.74) is 2.23. The summed E-state index contributed by atoms with van der Waals surface area (Å²) in [4.78, 5) is 14.1. The van der Waals surface area contributed by atoms with Crippen LogP contribution in [-0.4, -0.2) is 49.1 Å². The van der Waals surface area contributed by atoms with Gasteiger partial charge in [-0.3, -0.25) is 4.90 Å². The largest absolute Gasteiger partial charge is 0.491 e. The summed E-state index contributed by atoms with van der Waals surface area (Å²) < 4.78 is 16.6. The lowest BCUT2D eigenvalue weighted by Gasteiger charge is -2.45. The highest BCUT2D eigenvalue weighted by Crippen LogP contribution is 2.41. The minimum atomic E-state index is -0.651. The fourth-order valence-corrected chi connectivity index (χ4v) is 4.35. The van der Waals surface area contributed by atoms with Crippen LogP contribution in [0.15, 0.2) is 48.5 Å². The van der Waals surface area contributed by atoms with Crippen LogP contribution < -0.4 is 4.74 Å². The van der Waals surface area contributed by atoms with Gasteiger partial charge in [0, 0.05) is 30.7 Å². The van der Waals surface area contributed by atoms with E-state index in [0.717, 1.165) is 24.0 Å². The Balaban J connectivity index is 1.70. The van der Waals surface area contributed by atoms with E-state index < -0.39 is 12.2 Å². The summed E-state index contributed by atoms with van der Waals surface area (Å²) in [5, 5.41) is 11.6. The second-order valence-corrected chi connectivity index (χ2v) is 8.36. The molecule has 1 unspecified atom stereocenters. The molecule has 30 heavy (non-hydrogen) atoms. The Hall–Kier alpha value is -2.41. The molecule has 2 heterocycles. The van der Waals surface area contributed by atoms with E-state index in [0.29, 0.717) is 37.7 Å². The molecule has 2 aliphatic rings. The molecule has 2 aliphatic heterocycles. The number of nitrogens with zero attached hydrogens (tertiary/aromatic N) is 1. The van der Waals surface area contributed by atoms with Gasteiger partial charge in [0.2, 0.25) is 0 Å². The molecule has 6 heteroatoms. The van der Waals surface area contributed by atoms with Crippen molar-refractivity contribution in [3.63, 3.8) is 0 Å². The van der Waals surface area contributed by atoms with Crippen LogP contribution in [0, 0.1) is 5.41 Å². The number of aliphatic hydroxyl groups is 1. The Morgan fingerprint density at radius 3 is 2.63 bits per heavy atom. The molecule has 160 valence electrons. The van der Waals surface area contributed by atoms with Crippen LogP contribution in [0.5, 0.6) is 5.75 Å². The van der Waals surface area contributed by atoms with Crippen molar-refractivity contribution in [3.8, 4) is 5.75 Å². The Kier molecular flexibility index (Phi) is 6.09. The Labute approximate surface area is 177 Å². The van der Waals surface area contributed by atoms with Crippen molar-refractivity contribution in [1.29, 1.82) is 0 Å². The predicted octanol–water partition coefficient (Wildman–Crippen LogP) is 3.54. The summed E-state index contributed by atoms with van der Waals surface area (Å²) in [6, 6.07) is 15.4. The maximum Gasteiger partial charge on any atom is 0.337 e. The van der Waals surface area contributed by atoms with E-state index >= 15 is 0 Å². The zero-order valence-corrected chi connectivity index (χ0v) is 17.5. The first-order chi connectivity index (χ1) is 14.5. The van der Waals surface area contributed by atoms with Gasteiger partial charge in [-0.15, -0.1) is 0 Å². The lowest BCUT2D eigenvalue weighted by Crippen LogP contribution is -2.50. The molecule has 0 amide bonds. The lowest BCUT2D eigenvalue weighted by atomic mass is 9.79. The fraction of sp³-hybridized carbons (Fsp3) is 0.458. The van der Waals surface area contributed by atoms with Crippen molar-refractivity contribution >= 4 is 5.97 Å². The van der Waals surface area contributed by atoms with Gasteiger partial charge in [0.25, 0.3) is 0 Å². The highest BCUT2D eigenvalue weighted by Gasteiger charge is 2.42. The molecule has 1 fully saturated rings. The van der Waals surface area contributed by atoms with Crippen LogP contribution >= 0.6 is 0 Å². The van der Waals surface area contributed by atoms with Gasteiger partial charge in [0.1, 0.15) is 18.6 Å². The van der Waals surface area contributed by atoms with E-state index in [4.69, 9.17) is 14.2 Å². The van der Waals surface area contributed by atoms with Crippen LogP contribution in [0.2, 0.25) is 0 Å². The number of fused-ring (bicyclic) bond motifs is 1. The van der Waals surface area contributed by atoms with Crippen LogP contribution in [0.1, 0.15) is 47.3 Å². The molecule has 6 nitrogen and oxygen atoms in total. The van der Waals surface area contributed by atoms with E-state index in [2.05, 4.69) is 24.0 Å². The normalized spacial score (nSPS) is 22.3. The van der Waals surface area contributed by atoms with Crippen molar-refractivity contribution in [2.45, 2.75) is 38.6 Å². The molecular weight excluding hydrogens is 382 g/mol. The third kappa shape index (κ3) is 4.08. The number of hydrogen-bond donors (Lipinski definition) is 1. The third-order valence-electron chi connectivity index (χ3n) is 6.40. The first-order valence-electron chi connectivity index (χ1n) is 10.4. The Bertz CT molecular complexity index is 878. The average molecular weight is 411 g/mol. The van der Waals surface area contributed by atoms with E-state index in [1.165, 1.54) is 7.11 Å². The number of rotatable bonds is 4. The van der Waals surface area contributed by atoms with Gasteiger partial charge in [-0.25, -0.2) is 4.79 Å². The summed E-state index contributed by atoms with van der Waals surface area (Å²) in [6.07, 6.45) is 0.962. The van der Waals surface area contributed by atoms with Crippen LogP contribution in [0.3, 0.4) is 0 Å². The quantitative estimate of drug-likeness (QED) is 0.776. The Morgan fingerprint density at radius 2 is 1.93 bits per heavy atom. The van der Waals surface area contributed by atoms with Gasteiger partial charge in [0.05, 0.1) is 18.7 Å². The number of aliphatic hydroxyl groups excluding tert-OH is 1. The maximum atomic E-state index is 12.0. The second kappa shape index (κ2) is 8.76. The number of methoxy groups -OCH3 is 1. The molecule has 0 spiro atoms. The number of hydrogen-bond acceptors (Lipinski definition) is 6. The van der Waals surface area contributed by atoms with E-state index in [1.54, 1.807) is 12.1 Å². The smallest absolute Gasteiger partial charge is 0.337 e. The molecule has 4 rings (SSSR count). The van der Waals surface area contributed by atoms with Gasteiger partial charge in [0.15, 0.2) is 0 Å². The summed E-state index contributed by atoms with van der Waals surface area (Å²) in [7, 11) is 1.37. The van der Waals surface area contributed by atoms with Crippen molar-refractivity contribution in [3.05, 3.63) is 65.2 Å². The maximum absolute atomic E-state index is 12.0. The van der Waals surface area contributed by atoms with Gasteiger partial charge >= 0.3 is 5.97 Å². The molecule has 0 aliphatic carbocycles. The standard InChI is InChI=1S/C24H29NO5/c1-24(10-12-29-13-11-24)23(27)25-15-19-9-8-18(22(26)28-2)14-21(19)30-16-20(25)17-6-4-3-5-7-17/h3-9,14,20,23,27H,10-13,15-16H2,1-2H3/t20-,23?/m1/s1. The summed E-state index contributed by atoms with van der Waals surface area (Å²) >= 11 is 0. The SMILES string of the molecule is COC(=O)c1ccc2c(c1)OC[C@H](c1ccccc1)N(C(O)C1(C)CCOCC1)C2. The lowest BCUT2D eigenvalue weighted by molar-refractivity contribution is -0.144. The van der Waals surface area contributed by atoms with Crippen molar-refractivity contribution < 1.29 is 24.1 Å². The molecule has 0 saturated carbocycles. The average Bonchev–Trinajstić information content (AvgIpc) is 2.98. The zero-order valence-electron chi connectivity index (χ0n) is 17.5. The highest BCUT2D eigenvalue weighted by molar-refractivity contribution is 5.89. The molecule has 2 atom stereocenters. The van der Waals surface area contributed by atoms with Crippen molar-refractivity contribution in [2.75, 3.05) is 26.9 Å². The van der Waals surface area contributed by atoms with E-state index in [9.17, 15) is 9.90 Å². The molecule has 0 radical (unpaired) electrons. The summed E-state index contributed by atoms with van der Waals surface area (Å²) in [5.74, 6) is 0.266. The van der Waals surface area contributed by atoms with Gasteiger partial charge < -0.3 is 19.3 Å². The van der Waals surface area contributed by atoms with Gasteiger partial charge in [-0.2, -0.15) is 0 Å². The minimum Gasteiger partial charge on any atom is -0.491 e. The molecule has 2 aromatic rings. The molecule has 1 N–H and O–H groups in total. The second-order valence-electron chi connectivity index (χ2n) is 8.36. The zero-order chi connectivity index (χ0) is 21.1. The monoisotopic (exact) mass is 411 g/mol. The number of benzene rings is 2. The molecular formula is C24H29NO5. The Morgan fingerprint density at radius 1 is 1.20 bits per heavy atom. The van der Waals surface area contributed by atoms with E-state index in [-0.39, 0.29) is 11.5 Å². The first-order valence-corrected chi connectivity index (χ1v) is 10.4. The first kappa shape index (κ1) is 20.8.